The summed E-state index contributed by atoms with van der Waals surface area (Å²) in [6.45, 7) is 7.59. The van der Waals surface area contributed by atoms with Gasteiger partial charge in [0, 0.05) is 32.4 Å². The molecule has 0 saturated heterocycles. The van der Waals surface area contributed by atoms with Crippen LogP contribution in [-0.4, -0.2) is 46.9 Å². The molecule has 0 spiro atoms. The standard InChI is InChI=1S/C12H22N4O2/c1-5-15-8-10(13)11(14-15)12(17)16(9(2)3)6-7-18-4/h8-9H,5-7,13H2,1-4H3. The van der Waals surface area contributed by atoms with Crippen LogP contribution in [0.25, 0.3) is 0 Å². The molecule has 1 amide bonds. The number of nitrogens with two attached hydrogens (primary N) is 1. The van der Waals surface area contributed by atoms with E-state index in [9.17, 15) is 4.79 Å². The summed E-state index contributed by atoms with van der Waals surface area (Å²) in [5.74, 6) is -0.147. The number of methoxy groups -OCH3 is 1. The van der Waals surface area contributed by atoms with E-state index in [4.69, 9.17) is 10.5 Å². The Morgan fingerprint density at radius 2 is 2.28 bits per heavy atom. The van der Waals surface area contributed by atoms with Crippen LogP contribution in [0.2, 0.25) is 0 Å². The van der Waals surface area contributed by atoms with Gasteiger partial charge in [-0.05, 0) is 20.8 Å². The zero-order valence-corrected chi connectivity index (χ0v) is 11.5. The van der Waals surface area contributed by atoms with Crippen LogP contribution in [0.1, 0.15) is 31.3 Å². The van der Waals surface area contributed by atoms with E-state index in [1.165, 1.54) is 0 Å². The van der Waals surface area contributed by atoms with Crippen LogP contribution >= 0.6 is 0 Å². The number of anilines is 1. The second kappa shape index (κ2) is 6.39. The summed E-state index contributed by atoms with van der Waals surface area (Å²) in [6.07, 6.45) is 1.68. The lowest BCUT2D eigenvalue weighted by Gasteiger charge is -2.25. The number of rotatable bonds is 6. The maximum Gasteiger partial charge on any atom is 0.276 e. The van der Waals surface area contributed by atoms with E-state index in [-0.39, 0.29) is 11.9 Å². The van der Waals surface area contributed by atoms with Crippen molar-refractivity contribution in [2.24, 2.45) is 0 Å². The van der Waals surface area contributed by atoms with Crippen molar-refractivity contribution in [2.45, 2.75) is 33.4 Å². The molecule has 0 aliphatic carbocycles. The number of aromatic nitrogens is 2. The first kappa shape index (κ1) is 14.5. The Morgan fingerprint density at radius 3 is 2.72 bits per heavy atom. The molecule has 0 atom stereocenters. The number of nitrogen functional groups attached to an aromatic ring is 1. The van der Waals surface area contributed by atoms with Gasteiger partial charge in [-0.3, -0.25) is 9.48 Å². The lowest BCUT2D eigenvalue weighted by molar-refractivity contribution is 0.0629. The van der Waals surface area contributed by atoms with Gasteiger partial charge >= 0.3 is 0 Å². The minimum atomic E-state index is -0.147. The molecule has 0 radical (unpaired) electrons. The normalized spacial score (nSPS) is 10.9. The van der Waals surface area contributed by atoms with Gasteiger partial charge in [0.25, 0.3) is 5.91 Å². The highest BCUT2D eigenvalue weighted by molar-refractivity contribution is 5.97. The summed E-state index contributed by atoms with van der Waals surface area (Å²) in [5.41, 5.74) is 6.56. The molecular weight excluding hydrogens is 232 g/mol. The number of ether oxygens (including phenoxy) is 1. The van der Waals surface area contributed by atoms with Gasteiger partial charge in [0.2, 0.25) is 0 Å². The third-order valence-corrected chi connectivity index (χ3v) is 2.74. The largest absolute Gasteiger partial charge is 0.396 e. The lowest BCUT2D eigenvalue weighted by atomic mass is 10.2. The average molecular weight is 254 g/mol. The Morgan fingerprint density at radius 1 is 1.61 bits per heavy atom. The molecule has 1 heterocycles. The van der Waals surface area contributed by atoms with Crippen molar-refractivity contribution in [3.8, 4) is 0 Å². The van der Waals surface area contributed by atoms with Gasteiger partial charge in [0.1, 0.15) is 0 Å². The second-order valence-electron chi connectivity index (χ2n) is 4.37. The fourth-order valence-corrected chi connectivity index (χ4v) is 1.68. The van der Waals surface area contributed by atoms with Crippen molar-refractivity contribution >= 4 is 11.6 Å². The number of carbonyl (C=O) groups is 1. The van der Waals surface area contributed by atoms with Crippen molar-refractivity contribution in [1.29, 1.82) is 0 Å². The van der Waals surface area contributed by atoms with Crippen LogP contribution < -0.4 is 5.73 Å². The second-order valence-corrected chi connectivity index (χ2v) is 4.37. The van der Waals surface area contributed by atoms with E-state index in [0.29, 0.717) is 31.1 Å². The molecule has 0 unspecified atom stereocenters. The topological polar surface area (TPSA) is 73.4 Å². The van der Waals surface area contributed by atoms with E-state index >= 15 is 0 Å². The first-order valence-corrected chi connectivity index (χ1v) is 6.14. The smallest absolute Gasteiger partial charge is 0.276 e. The van der Waals surface area contributed by atoms with Gasteiger partial charge in [0.05, 0.1) is 12.3 Å². The van der Waals surface area contributed by atoms with Crippen LogP contribution in [0.3, 0.4) is 0 Å². The minimum absolute atomic E-state index is 0.0822. The number of nitrogens with zero attached hydrogens (tertiary/aromatic N) is 3. The predicted molar refractivity (Wildman–Crippen MR) is 70.4 cm³/mol. The molecule has 1 aromatic heterocycles. The third-order valence-electron chi connectivity index (χ3n) is 2.74. The van der Waals surface area contributed by atoms with E-state index in [1.54, 1.807) is 22.9 Å². The number of hydrogen-bond acceptors (Lipinski definition) is 4. The van der Waals surface area contributed by atoms with E-state index in [1.807, 2.05) is 20.8 Å². The number of aryl methyl sites for hydroxylation is 1. The quantitative estimate of drug-likeness (QED) is 0.821. The molecule has 18 heavy (non-hydrogen) atoms. The van der Waals surface area contributed by atoms with Gasteiger partial charge in [-0.2, -0.15) is 5.10 Å². The fraction of sp³-hybridized carbons (Fsp3) is 0.667. The SMILES string of the molecule is CCn1cc(N)c(C(=O)N(CCOC)C(C)C)n1. The highest BCUT2D eigenvalue weighted by atomic mass is 16.5. The van der Waals surface area contributed by atoms with Gasteiger partial charge in [-0.15, -0.1) is 0 Å². The molecular formula is C12H22N4O2. The number of carbonyl (C=O) groups excluding carboxylic acids is 1. The van der Waals surface area contributed by atoms with Crippen molar-refractivity contribution < 1.29 is 9.53 Å². The number of amides is 1. The van der Waals surface area contributed by atoms with Crippen molar-refractivity contribution in [2.75, 3.05) is 26.0 Å². The highest BCUT2D eigenvalue weighted by Gasteiger charge is 2.23. The fourth-order valence-electron chi connectivity index (χ4n) is 1.68. The van der Waals surface area contributed by atoms with Crippen molar-refractivity contribution in [3.05, 3.63) is 11.9 Å². The molecule has 0 aliphatic heterocycles. The zero-order chi connectivity index (χ0) is 13.7. The summed E-state index contributed by atoms with van der Waals surface area (Å²) < 4.78 is 6.68. The van der Waals surface area contributed by atoms with Crippen LogP contribution in [0.5, 0.6) is 0 Å². The molecule has 0 bridgehead atoms. The molecule has 0 saturated carbocycles. The molecule has 2 N–H and O–H groups in total. The molecule has 6 heteroatoms. The molecule has 0 fully saturated rings. The Kier molecular flexibility index (Phi) is 5.15. The first-order chi connectivity index (χ1) is 8.51. The van der Waals surface area contributed by atoms with Crippen molar-refractivity contribution in [1.82, 2.24) is 14.7 Å². The van der Waals surface area contributed by atoms with E-state index < -0.39 is 0 Å². The number of hydrogen-bond donors (Lipinski definition) is 1. The Hall–Kier alpha value is -1.56. The summed E-state index contributed by atoms with van der Waals surface area (Å²) in [6, 6.07) is 0.0822. The van der Waals surface area contributed by atoms with Crippen LogP contribution in [0, 0.1) is 0 Å². The molecule has 0 aromatic carbocycles. The van der Waals surface area contributed by atoms with E-state index in [0.717, 1.165) is 0 Å². The van der Waals surface area contributed by atoms with Crippen molar-refractivity contribution in [3.63, 3.8) is 0 Å². The molecule has 102 valence electrons. The maximum absolute atomic E-state index is 12.4. The Balaban J connectivity index is 2.90. The summed E-state index contributed by atoms with van der Waals surface area (Å²) >= 11 is 0. The zero-order valence-electron chi connectivity index (χ0n) is 11.5. The monoisotopic (exact) mass is 254 g/mol. The summed E-state index contributed by atoms with van der Waals surface area (Å²) in [4.78, 5) is 14.1. The summed E-state index contributed by atoms with van der Waals surface area (Å²) in [5, 5.41) is 4.20. The summed E-state index contributed by atoms with van der Waals surface area (Å²) in [7, 11) is 1.61. The van der Waals surface area contributed by atoms with Gasteiger partial charge in [-0.25, -0.2) is 0 Å². The molecule has 1 rings (SSSR count). The van der Waals surface area contributed by atoms with Gasteiger partial charge < -0.3 is 15.4 Å². The lowest BCUT2D eigenvalue weighted by Crippen LogP contribution is -2.39. The van der Waals surface area contributed by atoms with Gasteiger partial charge in [0.15, 0.2) is 5.69 Å². The molecule has 6 nitrogen and oxygen atoms in total. The third kappa shape index (κ3) is 3.22. The predicted octanol–water partition coefficient (Wildman–Crippen LogP) is 0.982. The highest BCUT2D eigenvalue weighted by Crippen LogP contribution is 2.14. The Labute approximate surface area is 108 Å². The molecule has 0 aliphatic rings. The average Bonchev–Trinajstić information content (AvgIpc) is 2.70. The van der Waals surface area contributed by atoms with Gasteiger partial charge in [-0.1, -0.05) is 0 Å². The van der Waals surface area contributed by atoms with Crippen LogP contribution in [0.15, 0.2) is 6.20 Å². The van der Waals surface area contributed by atoms with Crippen LogP contribution in [-0.2, 0) is 11.3 Å². The molecule has 1 aromatic rings. The first-order valence-electron chi connectivity index (χ1n) is 6.14. The van der Waals surface area contributed by atoms with Crippen LogP contribution in [0.4, 0.5) is 5.69 Å². The maximum atomic E-state index is 12.4. The Bertz CT molecular complexity index is 401. The van der Waals surface area contributed by atoms with E-state index in [2.05, 4.69) is 5.10 Å². The minimum Gasteiger partial charge on any atom is -0.396 e.